The van der Waals surface area contributed by atoms with E-state index in [0.717, 1.165) is 37.8 Å². The van der Waals surface area contributed by atoms with Crippen molar-refractivity contribution in [3.8, 4) is 0 Å². The highest BCUT2D eigenvalue weighted by Gasteiger charge is 2.41. The number of piperidine rings is 1. The van der Waals surface area contributed by atoms with Gasteiger partial charge in [0.1, 0.15) is 0 Å². The van der Waals surface area contributed by atoms with E-state index in [0.29, 0.717) is 49.8 Å². The molecule has 3 amide bonds. The van der Waals surface area contributed by atoms with E-state index in [1.165, 1.54) is 32.1 Å². The van der Waals surface area contributed by atoms with Gasteiger partial charge in [0.05, 0.1) is 5.60 Å². The molecule has 8 heteroatoms. The van der Waals surface area contributed by atoms with Crippen molar-refractivity contribution in [1.82, 2.24) is 20.9 Å². The molecule has 7 nitrogen and oxygen atoms in total. The van der Waals surface area contributed by atoms with E-state index in [1.807, 2.05) is 43.1 Å². The van der Waals surface area contributed by atoms with Crippen molar-refractivity contribution in [1.29, 1.82) is 0 Å². The van der Waals surface area contributed by atoms with Crippen LogP contribution in [0.5, 0.6) is 0 Å². The van der Waals surface area contributed by atoms with Crippen LogP contribution < -0.4 is 16.0 Å². The summed E-state index contributed by atoms with van der Waals surface area (Å²) in [4.78, 5) is 27.2. The lowest BCUT2D eigenvalue weighted by molar-refractivity contribution is -0.121. The molecule has 1 saturated carbocycles. The number of carbonyl (C=O) groups excluding carboxylic acids is 2. The third-order valence-electron chi connectivity index (χ3n) is 8.36. The quantitative estimate of drug-likeness (QED) is 0.255. The molecular weight excluding hydrogens is 500 g/mol. The Bertz CT molecular complexity index is 879. The zero-order valence-corrected chi connectivity index (χ0v) is 24.2. The van der Waals surface area contributed by atoms with Crippen molar-refractivity contribution >= 4 is 23.5 Å². The molecule has 38 heavy (non-hydrogen) atoms. The van der Waals surface area contributed by atoms with Gasteiger partial charge < -0.3 is 26.0 Å². The molecule has 0 spiro atoms. The van der Waals surface area contributed by atoms with E-state index in [-0.39, 0.29) is 23.9 Å². The summed E-state index contributed by atoms with van der Waals surface area (Å²) in [7, 11) is 1.94. The van der Waals surface area contributed by atoms with E-state index in [2.05, 4.69) is 16.0 Å². The normalized spacial score (nSPS) is 20.9. The number of benzene rings is 1. The Morgan fingerprint density at radius 3 is 2.68 bits per heavy atom. The number of hydrogen-bond donors (Lipinski definition) is 4. The molecule has 3 rings (SSSR count). The van der Waals surface area contributed by atoms with Crippen LogP contribution in [0.4, 0.5) is 4.79 Å². The Labute approximate surface area is 234 Å². The zero-order valence-electron chi connectivity index (χ0n) is 23.4. The Balaban J connectivity index is 1.67. The summed E-state index contributed by atoms with van der Waals surface area (Å²) in [5.74, 6) is 0.610. The zero-order chi connectivity index (χ0) is 27.4. The summed E-state index contributed by atoms with van der Waals surface area (Å²) in [6.07, 6.45) is 11.6. The van der Waals surface area contributed by atoms with Gasteiger partial charge in [0.15, 0.2) is 0 Å². The molecule has 1 unspecified atom stereocenters. The molecule has 1 heterocycles. The number of carbonyl (C=O) groups is 2. The lowest BCUT2D eigenvalue weighted by atomic mass is 9.74. The van der Waals surface area contributed by atoms with Crippen molar-refractivity contribution in [2.75, 3.05) is 33.2 Å². The number of rotatable bonds is 13. The number of hydrogen-bond acceptors (Lipinski definition) is 4. The van der Waals surface area contributed by atoms with Gasteiger partial charge in [-0.3, -0.25) is 4.79 Å². The summed E-state index contributed by atoms with van der Waals surface area (Å²) < 4.78 is 0. The van der Waals surface area contributed by atoms with Crippen LogP contribution in [0.2, 0.25) is 5.02 Å². The molecule has 0 bridgehead atoms. The van der Waals surface area contributed by atoms with Crippen LogP contribution in [0.25, 0.3) is 0 Å². The first-order valence-corrected chi connectivity index (χ1v) is 15.2. The molecule has 2 aliphatic rings. The standard InChI is InChI=1S/C30H49ClN4O3/c1-3-10-28(36)33-17-9-16-30(38,24-13-7-15-26(31)20-24)25-14-8-18-35(22-25)29(37)34-27(21-32-2)19-23-11-5-4-6-12-23/h7,13,15,20,23,25,27,32,38H,3-6,8-12,14,16-19,21-22H2,1-2H3,(H,33,36)(H,34,37)/t25?,27-,30+/m0/s1. The van der Waals surface area contributed by atoms with Gasteiger partial charge in [-0.2, -0.15) is 0 Å². The monoisotopic (exact) mass is 548 g/mol. The highest BCUT2D eigenvalue weighted by Crippen LogP contribution is 2.40. The summed E-state index contributed by atoms with van der Waals surface area (Å²) in [5.41, 5.74) is -0.353. The number of urea groups is 1. The fourth-order valence-electron chi connectivity index (χ4n) is 6.33. The van der Waals surface area contributed by atoms with Crippen LogP contribution in [-0.2, 0) is 10.4 Å². The highest BCUT2D eigenvalue weighted by atomic mass is 35.5. The fourth-order valence-corrected chi connectivity index (χ4v) is 6.52. The smallest absolute Gasteiger partial charge is 0.317 e. The molecule has 3 atom stereocenters. The van der Waals surface area contributed by atoms with Crippen molar-refractivity contribution in [3.05, 3.63) is 34.9 Å². The molecule has 1 aromatic carbocycles. The summed E-state index contributed by atoms with van der Waals surface area (Å²) in [6, 6.07) is 7.51. The lowest BCUT2D eigenvalue weighted by Crippen LogP contribution is -2.54. The van der Waals surface area contributed by atoms with Crippen molar-refractivity contribution in [2.24, 2.45) is 11.8 Å². The van der Waals surface area contributed by atoms with Gasteiger partial charge >= 0.3 is 6.03 Å². The van der Waals surface area contributed by atoms with Crippen LogP contribution in [0.3, 0.4) is 0 Å². The van der Waals surface area contributed by atoms with Crippen LogP contribution in [0.1, 0.15) is 89.5 Å². The summed E-state index contributed by atoms with van der Waals surface area (Å²) >= 11 is 6.32. The molecule has 0 aromatic heterocycles. The summed E-state index contributed by atoms with van der Waals surface area (Å²) in [5, 5.41) is 22.2. The van der Waals surface area contributed by atoms with Crippen LogP contribution in [0, 0.1) is 11.8 Å². The van der Waals surface area contributed by atoms with Crippen molar-refractivity contribution in [2.45, 2.75) is 95.6 Å². The van der Waals surface area contributed by atoms with E-state index in [4.69, 9.17) is 11.6 Å². The minimum Gasteiger partial charge on any atom is -0.385 e. The maximum Gasteiger partial charge on any atom is 0.317 e. The molecule has 2 fully saturated rings. The first kappa shape index (κ1) is 30.7. The van der Waals surface area contributed by atoms with Gasteiger partial charge in [0, 0.05) is 49.6 Å². The SMILES string of the molecule is CCCC(=O)NCCC[C@@](O)(c1cccc(Cl)c1)C1CCCN(C(=O)N[C@H](CNC)CC2CCCCC2)C1. The van der Waals surface area contributed by atoms with Gasteiger partial charge in [0.2, 0.25) is 5.91 Å². The Kier molecular flexibility index (Phi) is 12.7. The molecule has 1 aromatic rings. The Morgan fingerprint density at radius 2 is 1.97 bits per heavy atom. The number of amides is 3. The topological polar surface area (TPSA) is 93.7 Å². The number of likely N-dealkylation sites (tertiary alicyclic amines) is 1. The molecule has 214 valence electrons. The second-order valence-electron chi connectivity index (χ2n) is 11.4. The molecule has 1 aliphatic heterocycles. The Hall–Kier alpha value is -1.83. The van der Waals surface area contributed by atoms with Crippen molar-refractivity contribution < 1.29 is 14.7 Å². The first-order valence-electron chi connectivity index (χ1n) is 14.8. The van der Waals surface area contributed by atoms with Gasteiger partial charge in [0.25, 0.3) is 0 Å². The van der Waals surface area contributed by atoms with E-state index in [9.17, 15) is 14.7 Å². The van der Waals surface area contributed by atoms with E-state index < -0.39 is 5.60 Å². The minimum atomic E-state index is -1.13. The number of aliphatic hydroxyl groups is 1. The number of halogens is 1. The maximum absolute atomic E-state index is 13.4. The third-order valence-corrected chi connectivity index (χ3v) is 8.60. The largest absolute Gasteiger partial charge is 0.385 e. The predicted molar refractivity (Wildman–Crippen MR) is 154 cm³/mol. The molecule has 1 aliphatic carbocycles. The van der Waals surface area contributed by atoms with Crippen LogP contribution >= 0.6 is 11.6 Å². The lowest BCUT2D eigenvalue weighted by Gasteiger charge is -2.43. The average molecular weight is 549 g/mol. The van der Waals surface area contributed by atoms with Gasteiger partial charge in [-0.1, -0.05) is 62.8 Å². The van der Waals surface area contributed by atoms with Gasteiger partial charge in [-0.05, 0) is 69.2 Å². The first-order chi connectivity index (χ1) is 18.4. The van der Waals surface area contributed by atoms with Crippen molar-refractivity contribution in [3.63, 3.8) is 0 Å². The van der Waals surface area contributed by atoms with Crippen LogP contribution in [0.15, 0.2) is 24.3 Å². The Morgan fingerprint density at radius 1 is 1.18 bits per heavy atom. The molecule has 1 saturated heterocycles. The molecule has 4 N–H and O–H groups in total. The van der Waals surface area contributed by atoms with E-state index in [1.54, 1.807) is 0 Å². The summed E-state index contributed by atoms with van der Waals surface area (Å²) in [6.45, 7) is 4.45. The number of nitrogens with one attached hydrogen (secondary N) is 3. The third kappa shape index (κ3) is 9.13. The van der Waals surface area contributed by atoms with Gasteiger partial charge in [-0.15, -0.1) is 0 Å². The predicted octanol–water partition coefficient (Wildman–Crippen LogP) is 5.20. The second-order valence-corrected chi connectivity index (χ2v) is 11.8. The number of nitrogens with zero attached hydrogens (tertiary/aromatic N) is 1. The highest BCUT2D eigenvalue weighted by molar-refractivity contribution is 6.30. The van der Waals surface area contributed by atoms with Gasteiger partial charge in [-0.25, -0.2) is 4.79 Å². The minimum absolute atomic E-state index is 0.0361. The molecular formula is C30H49ClN4O3. The van der Waals surface area contributed by atoms with E-state index >= 15 is 0 Å². The number of likely N-dealkylation sites (N-methyl/N-ethyl adjacent to an activating group) is 1. The molecule has 0 radical (unpaired) electrons. The average Bonchev–Trinajstić information content (AvgIpc) is 2.92. The second kappa shape index (κ2) is 15.7. The fraction of sp³-hybridized carbons (Fsp3) is 0.733. The maximum atomic E-state index is 13.4. The van der Waals surface area contributed by atoms with Crippen LogP contribution in [-0.4, -0.2) is 61.2 Å².